The molecule has 0 amide bonds. The molecule has 0 spiro atoms. The summed E-state index contributed by atoms with van der Waals surface area (Å²) < 4.78 is 17.8. The second-order valence-electron chi connectivity index (χ2n) is 4.35. The van der Waals surface area contributed by atoms with Crippen LogP contribution in [0.3, 0.4) is 0 Å². The van der Waals surface area contributed by atoms with Crippen LogP contribution >= 0.6 is 46.1 Å². The van der Waals surface area contributed by atoms with Crippen molar-refractivity contribution in [3.05, 3.63) is 19.5 Å². The van der Waals surface area contributed by atoms with Crippen molar-refractivity contribution in [3.63, 3.8) is 0 Å². The van der Waals surface area contributed by atoms with E-state index in [1.54, 1.807) is 27.7 Å². The first-order valence-corrected chi connectivity index (χ1v) is 10.6. The zero-order chi connectivity index (χ0) is 22.2. The molecule has 2 heterocycles. The van der Waals surface area contributed by atoms with E-state index in [0.717, 1.165) is 22.9 Å². The molecule has 0 bridgehead atoms. The third kappa shape index (κ3) is 11.6. The van der Waals surface area contributed by atoms with Gasteiger partial charge in [0, 0.05) is 18.0 Å². The van der Waals surface area contributed by atoms with Crippen LogP contribution in [0.2, 0.25) is 8.80 Å². The Kier molecular flexibility index (Phi) is 14.9. The van der Waals surface area contributed by atoms with Crippen molar-refractivity contribution in [2.45, 2.75) is 34.1 Å². The lowest BCUT2D eigenvalue weighted by molar-refractivity contribution is -0.142. The highest BCUT2D eigenvalue weighted by atomic mass is 35.5. The Bertz CT molecular complexity index is 772. The van der Waals surface area contributed by atoms with Crippen LogP contribution in [0.25, 0.3) is 0 Å². The topological polar surface area (TPSA) is 130 Å². The van der Waals surface area contributed by atoms with Crippen LogP contribution in [0.1, 0.15) is 54.4 Å². The van der Waals surface area contributed by atoms with Gasteiger partial charge in [0.25, 0.3) is 0 Å². The first kappa shape index (κ1) is 27.1. The second kappa shape index (κ2) is 16.0. The van der Waals surface area contributed by atoms with Gasteiger partial charge < -0.3 is 14.2 Å². The van der Waals surface area contributed by atoms with Gasteiger partial charge in [0.2, 0.25) is 15.2 Å². The summed E-state index contributed by atoms with van der Waals surface area (Å²) in [4.78, 5) is 32.0. The number of nitrogens with zero attached hydrogens (tertiary/aromatic N) is 4. The molecule has 2 rings (SSSR count). The van der Waals surface area contributed by atoms with Crippen LogP contribution in [-0.2, 0) is 19.0 Å². The average molecular weight is 487 g/mol. The van der Waals surface area contributed by atoms with E-state index in [-0.39, 0.29) is 25.5 Å². The first-order chi connectivity index (χ1) is 13.8. The highest BCUT2D eigenvalue weighted by Gasteiger charge is 2.15. The van der Waals surface area contributed by atoms with Gasteiger partial charge in [-0.2, -0.15) is 0 Å². The largest absolute Gasteiger partial charge is 0.466 e. The molecule has 0 radical (unpaired) electrons. The van der Waals surface area contributed by atoms with Crippen LogP contribution in [0, 0.1) is 0 Å². The predicted molar refractivity (Wildman–Crippen MR) is 109 cm³/mol. The fourth-order valence-electron chi connectivity index (χ4n) is 1.24. The van der Waals surface area contributed by atoms with Gasteiger partial charge in [0.05, 0.1) is 19.8 Å². The summed E-state index contributed by atoms with van der Waals surface area (Å²) in [5.41, 5.74) is 0.0958. The molecule has 29 heavy (non-hydrogen) atoms. The molecule has 0 saturated heterocycles. The maximum atomic E-state index is 10.9. The molecule has 2 aromatic rings. The molecule has 0 unspecified atom stereocenters. The molecule has 0 aliphatic rings. The zero-order valence-electron chi connectivity index (χ0n) is 16.1. The summed E-state index contributed by atoms with van der Waals surface area (Å²) in [5.74, 6) is -1.12. The van der Waals surface area contributed by atoms with Crippen molar-refractivity contribution in [2.75, 3.05) is 19.8 Å². The monoisotopic (exact) mass is 486 g/mol. The molecular weight excluding hydrogens is 467 g/mol. The van der Waals surface area contributed by atoms with E-state index in [2.05, 4.69) is 34.0 Å². The van der Waals surface area contributed by atoms with Crippen LogP contribution in [0.15, 0.2) is 0 Å². The SMILES string of the molecule is CCOC(=O)CC.CCOC(=O)c1nnc(Cl)s1.CCOC(=O)c1nnsc1Cl. The number of esters is 3. The molecule has 10 nitrogen and oxygen atoms in total. The molecular formula is C15H20Cl2N4O6S2. The number of ether oxygens (including phenoxy) is 3. The summed E-state index contributed by atoms with van der Waals surface area (Å²) in [5, 5.41) is 10.6. The van der Waals surface area contributed by atoms with Gasteiger partial charge in [-0.05, 0) is 32.4 Å². The van der Waals surface area contributed by atoms with Crippen LogP contribution in [0.4, 0.5) is 0 Å². The molecule has 162 valence electrons. The van der Waals surface area contributed by atoms with E-state index in [9.17, 15) is 14.4 Å². The predicted octanol–water partition coefficient (Wildman–Crippen LogP) is 3.70. The summed E-state index contributed by atoms with van der Waals surface area (Å²) in [6.45, 7) is 8.15. The van der Waals surface area contributed by atoms with Crippen molar-refractivity contribution < 1.29 is 28.6 Å². The van der Waals surface area contributed by atoms with Crippen molar-refractivity contribution in [3.8, 4) is 0 Å². The number of carbonyl (C=O) groups is 3. The van der Waals surface area contributed by atoms with Crippen molar-refractivity contribution in [2.24, 2.45) is 0 Å². The zero-order valence-corrected chi connectivity index (χ0v) is 19.3. The van der Waals surface area contributed by atoms with E-state index < -0.39 is 11.9 Å². The lowest BCUT2D eigenvalue weighted by atomic mass is 10.5. The summed E-state index contributed by atoms with van der Waals surface area (Å²) in [6, 6.07) is 0. The van der Waals surface area contributed by atoms with Crippen LogP contribution < -0.4 is 0 Å². The average Bonchev–Trinajstić information content (AvgIpc) is 3.31. The fourth-order valence-corrected chi connectivity index (χ4v) is 2.58. The highest BCUT2D eigenvalue weighted by molar-refractivity contribution is 7.17. The number of aromatic nitrogens is 4. The highest BCUT2D eigenvalue weighted by Crippen LogP contribution is 2.17. The standard InChI is InChI=1S/2C5H5ClN2O2S.C5H10O2/c1-2-10-4(9)3-7-8-5(6)11-3;1-2-10-5(9)3-4(6)11-8-7-3;1-3-5(6)7-4-2/h2*2H2,1H3;3-4H2,1-2H3. The minimum absolute atomic E-state index is 0.0958. The lowest BCUT2D eigenvalue weighted by Crippen LogP contribution is -2.05. The molecule has 0 aliphatic carbocycles. The molecule has 0 saturated carbocycles. The van der Waals surface area contributed by atoms with Crippen molar-refractivity contribution >= 4 is 64.0 Å². The van der Waals surface area contributed by atoms with Gasteiger partial charge >= 0.3 is 17.9 Å². The van der Waals surface area contributed by atoms with Gasteiger partial charge in [-0.1, -0.05) is 34.3 Å². The number of rotatable bonds is 6. The molecule has 0 N–H and O–H groups in total. The van der Waals surface area contributed by atoms with Crippen LogP contribution in [-0.4, -0.2) is 57.5 Å². The first-order valence-electron chi connectivity index (χ1n) is 8.27. The number of halogens is 2. The van der Waals surface area contributed by atoms with E-state index in [4.69, 9.17) is 23.2 Å². The Labute approximate surface area is 185 Å². The minimum Gasteiger partial charge on any atom is -0.466 e. The van der Waals surface area contributed by atoms with E-state index in [0.29, 0.717) is 26.2 Å². The molecule has 0 atom stereocenters. The molecule has 0 aromatic carbocycles. The van der Waals surface area contributed by atoms with E-state index >= 15 is 0 Å². The normalized spacial score (nSPS) is 9.31. The maximum absolute atomic E-state index is 10.9. The summed E-state index contributed by atoms with van der Waals surface area (Å²) in [6.07, 6.45) is 0.480. The second-order valence-corrected chi connectivity index (χ2v) is 7.27. The molecule has 0 aliphatic heterocycles. The number of hydrogen-bond acceptors (Lipinski definition) is 12. The van der Waals surface area contributed by atoms with Crippen molar-refractivity contribution in [1.82, 2.24) is 19.8 Å². The minimum atomic E-state index is -0.522. The van der Waals surface area contributed by atoms with Crippen LogP contribution in [0.5, 0.6) is 0 Å². The quantitative estimate of drug-likeness (QED) is 0.439. The van der Waals surface area contributed by atoms with E-state index in [1.807, 2.05) is 0 Å². The molecule has 0 fully saturated rings. The number of carbonyl (C=O) groups excluding carboxylic acids is 3. The Morgan fingerprint density at radius 1 is 0.862 bits per heavy atom. The Hall–Kier alpha value is -1.89. The number of hydrogen-bond donors (Lipinski definition) is 0. The smallest absolute Gasteiger partial charge is 0.369 e. The Morgan fingerprint density at radius 3 is 1.83 bits per heavy atom. The van der Waals surface area contributed by atoms with Gasteiger partial charge in [-0.15, -0.1) is 15.3 Å². The van der Waals surface area contributed by atoms with Gasteiger partial charge in [0.15, 0.2) is 0 Å². The molecule has 14 heteroatoms. The van der Waals surface area contributed by atoms with Gasteiger partial charge in [0.1, 0.15) is 4.34 Å². The summed E-state index contributed by atoms with van der Waals surface area (Å²) in [7, 11) is 0. The van der Waals surface area contributed by atoms with E-state index in [1.165, 1.54) is 0 Å². The lowest BCUT2D eigenvalue weighted by Gasteiger charge is -1.95. The Balaban J connectivity index is 0.000000419. The van der Waals surface area contributed by atoms with Gasteiger partial charge in [-0.25, -0.2) is 9.59 Å². The Morgan fingerprint density at radius 2 is 1.45 bits per heavy atom. The summed E-state index contributed by atoms with van der Waals surface area (Å²) >= 11 is 13.0. The third-order valence-corrected chi connectivity index (χ3v) is 4.26. The van der Waals surface area contributed by atoms with Gasteiger partial charge in [-0.3, -0.25) is 4.79 Å². The molecule has 2 aromatic heterocycles. The third-order valence-electron chi connectivity index (χ3n) is 2.36. The fraction of sp³-hybridized carbons (Fsp3) is 0.533. The maximum Gasteiger partial charge on any atom is 0.369 e. The van der Waals surface area contributed by atoms with Crippen molar-refractivity contribution in [1.29, 1.82) is 0 Å².